The van der Waals surface area contributed by atoms with Crippen molar-refractivity contribution < 1.29 is 66.2 Å². The molecule has 0 aliphatic carbocycles. The Labute approximate surface area is 274 Å². The number of nitrogens with one attached hydrogen (secondary N) is 2. The van der Waals surface area contributed by atoms with Crippen molar-refractivity contribution in [3.63, 3.8) is 0 Å². The van der Waals surface area contributed by atoms with Gasteiger partial charge in [0.25, 0.3) is 15.9 Å². The second kappa shape index (κ2) is 14.4. The Morgan fingerprint density at radius 2 is 1.73 bits per heavy atom. The van der Waals surface area contributed by atoms with E-state index in [0.29, 0.717) is 30.0 Å². The molecule has 0 spiro atoms. The van der Waals surface area contributed by atoms with Gasteiger partial charge in [-0.05, 0) is 61.0 Å². The zero-order valence-corrected chi connectivity index (χ0v) is 26.8. The molecule has 0 aliphatic rings. The number of sulfonamides is 1. The van der Waals surface area contributed by atoms with Gasteiger partial charge in [-0.15, -0.1) is 11.3 Å². The highest BCUT2D eigenvalue weighted by molar-refractivity contribution is 7.92. The summed E-state index contributed by atoms with van der Waals surface area (Å²) in [5.41, 5.74) is 0.360. The molecule has 4 rings (SSSR count). The number of benzene rings is 3. The molecule has 1 aromatic heterocycles. The van der Waals surface area contributed by atoms with Gasteiger partial charge in [-0.3, -0.25) is 4.79 Å². The predicted octanol–water partition coefficient (Wildman–Crippen LogP) is 1.52. The Hall–Kier alpha value is -4.41. The standard InChI is InChI=1S/C28H26F3N4O10PS2/c29-28(30,31)19-9-15(14-33)1-3-18(19)27(46(39,40)41)35-48(42,43)25-12-17-11-22(44-7-5-32)23(13-24(17)47-25)45-8-6-34-26(38)16-2-4-20(36)21(37)10-16/h1-4,9-13,27,35-37H,5-8,32H2,(H,34,38)(H2,39,40,41)/p-1. The average molecular weight is 730 g/mol. The first-order chi connectivity index (χ1) is 22.4. The molecule has 48 heavy (non-hydrogen) atoms. The number of quaternary nitrogens is 1. The largest absolute Gasteiger partial charge is 0.809 e. The summed E-state index contributed by atoms with van der Waals surface area (Å²) in [5, 5.41) is 30.8. The Kier molecular flexibility index (Phi) is 10.9. The van der Waals surface area contributed by atoms with E-state index in [1.165, 1.54) is 24.3 Å². The molecule has 1 heterocycles. The Morgan fingerprint density at radius 1 is 1.04 bits per heavy atom. The summed E-state index contributed by atoms with van der Waals surface area (Å²) in [6.07, 6.45) is -5.24. The minimum Gasteiger partial charge on any atom is -0.809 e. The molecule has 0 saturated carbocycles. The van der Waals surface area contributed by atoms with Crippen LogP contribution in [0.15, 0.2) is 58.8 Å². The highest BCUT2D eigenvalue weighted by atomic mass is 32.2. The molecule has 4 aromatic rings. The van der Waals surface area contributed by atoms with E-state index in [-0.39, 0.29) is 46.9 Å². The first-order valence-corrected chi connectivity index (χ1v) is 17.4. The zero-order chi connectivity index (χ0) is 35.4. The smallest absolute Gasteiger partial charge is 0.416 e. The van der Waals surface area contributed by atoms with Gasteiger partial charge in [-0.1, -0.05) is 6.07 Å². The van der Waals surface area contributed by atoms with Crippen molar-refractivity contribution in [2.75, 3.05) is 26.3 Å². The second-order valence-corrected chi connectivity index (χ2v) is 14.5. The van der Waals surface area contributed by atoms with Crippen LogP contribution in [0.4, 0.5) is 13.2 Å². The van der Waals surface area contributed by atoms with Crippen LogP contribution in [0.3, 0.4) is 0 Å². The van der Waals surface area contributed by atoms with Gasteiger partial charge in [0.05, 0.1) is 29.5 Å². The third-order valence-corrected chi connectivity index (χ3v) is 10.7. The number of thiophene rings is 1. The number of phenolic OH excluding ortho intramolecular Hbond substituents is 2. The maximum atomic E-state index is 13.8. The molecule has 14 nitrogen and oxygen atoms in total. The van der Waals surface area contributed by atoms with Crippen LogP contribution in [0.25, 0.3) is 10.1 Å². The van der Waals surface area contributed by atoms with E-state index in [1.54, 1.807) is 4.72 Å². The number of aromatic hydroxyl groups is 2. The molecule has 0 fully saturated rings. The van der Waals surface area contributed by atoms with Gasteiger partial charge in [0, 0.05) is 16.3 Å². The fraction of sp³-hybridized carbons (Fsp3) is 0.214. The van der Waals surface area contributed by atoms with Crippen molar-refractivity contribution in [1.29, 1.82) is 5.26 Å². The fourth-order valence-electron chi connectivity index (χ4n) is 4.27. The summed E-state index contributed by atoms with van der Waals surface area (Å²) < 4.78 is 92.8. The molecule has 7 N–H and O–H groups in total. The predicted molar refractivity (Wildman–Crippen MR) is 160 cm³/mol. The lowest BCUT2D eigenvalue weighted by Crippen LogP contribution is -2.52. The summed E-state index contributed by atoms with van der Waals surface area (Å²) in [5.74, 6) is -4.09. The molecule has 1 atom stereocenters. The number of phenols is 2. The number of carbonyl (C=O) groups excluding carboxylic acids is 1. The molecule has 0 saturated heterocycles. The molecule has 0 aliphatic heterocycles. The minimum atomic E-state index is -6.11. The molecule has 3 aromatic carbocycles. The van der Waals surface area contributed by atoms with Crippen LogP contribution in [0.2, 0.25) is 0 Å². The summed E-state index contributed by atoms with van der Waals surface area (Å²) >= 11 is 0.587. The number of nitrogens with zero attached hydrogens (tertiary/aromatic N) is 1. The monoisotopic (exact) mass is 729 g/mol. The first kappa shape index (κ1) is 36.4. The van der Waals surface area contributed by atoms with Gasteiger partial charge in [0.15, 0.2) is 23.0 Å². The Morgan fingerprint density at radius 3 is 2.35 bits per heavy atom. The normalized spacial score (nSPS) is 12.8. The van der Waals surface area contributed by atoms with Crippen molar-refractivity contribution in [3.8, 4) is 29.1 Å². The van der Waals surface area contributed by atoms with Gasteiger partial charge in [-0.2, -0.15) is 23.2 Å². The maximum Gasteiger partial charge on any atom is 0.416 e. The Balaban J connectivity index is 1.60. The van der Waals surface area contributed by atoms with Gasteiger partial charge in [-0.25, -0.2) is 8.42 Å². The molecule has 256 valence electrons. The third kappa shape index (κ3) is 8.54. The second-order valence-electron chi connectivity index (χ2n) is 9.89. The van der Waals surface area contributed by atoms with Crippen molar-refractivity contribution in [2.45, 2.75) is 16.2 Å². The SMILES string of the molecule is N#Cc1ccc(C(NS(=O)(=O)c2cc3cc(OCC[NH3+])c(OCCNC(=O)c4ccc(O)c(O)c4)cc3s2)P(=O)([O-])[O-])c(C(F)(F)F)c1. The molecule has 0 bridgehead atoms. The maximum absolute atomic E-state index is 13.8. The third-order valence-electron chi connectivity index (χ3n) is 6.47. The fourth-order valence-corrected chi connectivity index (χ4v) is 8.24. The van der Waals surface area contributed by atoms with Crippen LogP contribution in [0.1, 0.15) is 32.8 Å². The van der Waals surface area contributed by atoms with Gasteiger partial charge < -0.3 is 45.1 Å². The summed E-state index contributed by atoms with van der Waals surface area (Å²) in [6.45, 7) is 0.301. The number of fused-ring (bicyclic) bond motifs is 1. The van der Waals surface area contributed by atoms with E-state index in [2.05, 4.69) is 11.1 Å². The molecular weight excluding hydrogens is 704 g/mol. The summed E-state index contributed by atoms with van der Waals surface area (Å²) in [4.78, 5) is 36.6. The number of ether oxygens (including phenoxy) is 2. The Bertz CT molecular complexity index is 2050. The van der Waals surface area contributed by atoms with Crippen LogP contribution >= 0.6 is 18.9 Å². The quantitative estimate of drug-likeness (QED) is 0.0750. The van der Waals surface area contributed by atoms with Crippen LogP contribution in [-0.2, 0) is 20.8 Å². The van der Waals surface area contributed by atoms with E-state index in [1.807, 2.05) is 0 Å². The minimum absolute atomic E-state index is 0.0393. The summed E-state index contributed by atoms with van der Waals surface area (Å²) in [7, 11) is -11.1. The molecule has 0 radical (unpaired) electrons. The van der Waals surface area contributed by atoms with Gasteiger partial charge >= 0.3 is 6.18 Å². The number of carbonyl (C=O) groups is 1. The lowest BCUT2D eigenvalue weighted by Gasteiger charge is -2.39. The number of amides is 1. The highest BCUT2D eigenvalue weighted by Crippen LogP contribution is 2.48. The number of rotatable bonds is 13. The number of hydrogen-bond acceptors (Lipinski definition) is 12. The van der Waals surface area contributed by atoms with E-state index < -0.39 is 67.9 Å². The lowest BCUT2D eigenvalue weighted by molar-refractivity contribution is -0.370. The number of hydrogen-bond donors (Lipinski definition) is 5. The van der Waals surface area contributed by atoms with Crippen LogP contribution in [0, 0.1) is 11.3 Å². The topological polar surface area (TPSA) is 249 Å². The van der Waals surface area contributed by atoms with Crippen LogP contribution in [0.5, 0.6) is 23.0 Å². The number of nitriles is 1. The van der Waals surface area contributed by atoms with E-state index in [9.17, 15) is 50.9 Å². The van der Waals surface area contributed by atoms with Crippen molar-refractivity contribution >= 4 is 44.9 Å². The van der Waals surface area contributed by atoms with Gasteiger partial charge in [0.1, 0.15) is 24.0 Å². The molecule has 1 amide bonds. The number of alkyl halides is 3. The first-order valence-electron chi connectivity index (χ1n) is 13.5. The molecule has 1 unspecified atom stereocenters. The molecule has 20 heteroatoms. The van der Waals surface area contributed by atoms with Gasteiger partial charge in [0.2, 0.25) is 0 Å². The number of halogens is 3. The highest BCUT2D eigenvalue weighted by Gasteiger charge is 2.38. The van der Waals surface area contributed by atoms with E-state index in [4.69, 9.17) is 14.7 Å². The van der Waals surface area contributed by atoms with Crippen molar-refractivity contribution in [2.24, 2.45) is 0 Å². The zero-order valence-electron chi connectivity index (χ0n) is 24.3. The van der Waals surface area contributed by atoms with Crippen LogP contribution in [-0.4, -0.2) is 50.8 Å². The van der Waals surface area contributed by atoms with Crippen molar-refractivity contribution in [3.05, 3.63) is 76.9 Å². The molecular formula is C28H25F3N4O10PS2-. The summed E-state index contributed by atoms with van der Waals surface area (Å²) in [6, 6.07) is 10.5. The van der Waals surface area contributed by atoms with Crippen molar-refractivity contribution in [1.82, 2.24) is 10.0 Å². The van der Waals surface area contributed by atoms with E-state index >= 15 is 0 Å². The lowest BCUT2D eigenvalue weighted by atomic mass is 10.0. The van der Waals surface area contributed by atoms with Crippen LogP contribution < -0.4 is 35.0 Å². The van der Waals surface area contributed by atoms with E-state index in [0.717, 1.165) is 24.3 Å². The average Bonchev–Trinajstić information content (AvgIpc) is 3.44.